The lowest BCUT2D eigenvalue weighted by Crippen LogP contribution is -2.29. The summed E-state index contributed by atoms with van der Waals surface area (Å²) in [6, 6.07) is 11.6. The van der Waals surface area contributed by atoms with Crippen LogP contribution in [-0.4, -0.2) is 17.9 Å². The Labute approximate surface area is 144 Å². The molecule has 0 fully saturated rings. The Kier molecular flexibility index (Phi) is 3.04. The molecule has 3 atom stereocenters. The number of anilines is 1. The molecule has 2 heterocycles. The summed E-state index contributed by atoms with van der Waals surface area (Å²) in [7, 11) is 0. The number of hydrogen-bond acceptors (Lipinski definition) is 4. The van der Waals surface area contributed by atoms with Crippen LogP contribution in [0.2, 0.25) is 0 Å². The Bertz CT molecular complexity index is 905. The number of carboxylic acid groups (broad SMARTS) is 1. The van der Waals surface area contributed by atoms with Crippen LogP contribution in [0.3, 0.4) is 0 Å². The molecule has 0 aromatic heterocycles. The van der Waals surface area contributed by atoms with E-state index in [9.17, 15) is 9.90 Å². The van der Waals surface area contributed by atoms with E-state index < -0.39 is 5.97 Å². The second-order valence-corrected chi connectivity index (χ2v) is 6.70. The van der Waals surface area contributed by atoms with Crippen molar-refractivity contribution >= 4 is 11.7 Å². The predicted molar refractivity (Wildman–Crippen MR) is 92.3 cm³/mol. The van der Waals surface area contributed by atoms with Gasteiger partial charge in [-0.2, -0.15) is 0 Å². The molecule has 5 nitrogen and oxygen atoms in total. The molecule has 126 valence electrons. The average molecular weight is 335 g/mol. The van der Waals surface area contributed by atoms with E-state index in [4.69, 9.17) is 9.47 Å². The predicted octanol–water partition coefficient (Wildman–Crippen LogP) is 3.94. The third-order valence-electron chi connectivity index (χ3n) is 5.37. The number of carboxylic acids is 1. The monoisotopic (exact) mass is 335 g/mol. The fraction of sp³-hybridized carbons (Fsp3) is 0.250. The molecule has 0 saturated heterocycles. The van der Waals surface area contributed by atoms with Gasteiger partial charge >= 0.3 is 5.97 Å². The topological polar surface area (TPSA) is 67.8 Å². The molecule has 5 heteroatoms. The minimum Gasteiger partial charge on any atom is -0.478 e. The van der Waals surface area contributed by atoms with E-state index in [1.165, 1.54) is 0 Å². The minimum atomic E-state index is -0.890. The molecule has 2 aliphatic heterocycles. The maximum atomic E-state index is 11.3. The quantitative estimate of drug-likeness (QED) is 0.814. The maximum absolute atomic E-state index is 11.3. The molecule has 0 unspecified atom stereocenters. The van der Waals surface area contributed by atoms with Gasteiger partial charge in [-0.25, -0.2) is 4.79 Å². The first kappa shape index (κ1) is 14.4. The van der Waals surface area contributed by atoms with E-state index in [0.717, 1.165) is 34.7 Å². The number of benzene rings is 2. The van der Waals surface area contributed by atoms with Crippen molar-refractivity contribution in [1.82, 2.24) is 0 Å². The van der Waals surface area contributed by atoms with Crippen LogP contribution in [0.4, 0.5) is 5.69 Å². The van der Waals surface area contributed by atoms with Crippen molar-refractivity contribution in [1.29, 1.82) is 0 Å². The highest BCUT2D eigenvalue weighted by Gasteiger charge is 2.38. The molecule has 2 aromatic carbocycles. The van der Waals surface area contributed by atoms with Crippen LogP contribution >= 0.6 is 0 Å². The van der Waals surface area contributed by atoms with Crippen molar-refractivity contribution in [2.45, 2.75) is 18.4 Å². The molecule has 25 heavy (non-hydrogen) atoms. The van der Waals surface area contributed by atoms with Gasteiger partial charge in [0, 0.05) is 11.6 Å². The van der Waals surface area contributed by atoms with Gasteiger partial charge in [-0.15, -0.1) is 0 Å². The molecule has 5 rings (SSSR count). The van der Waals surface area contributed by atoms with Crippen molar-refractivity contribution in [3.05, 3.63) is 65.2 Å². The Hall–Kier alpha value is -2.95. The second kappa shape index (κ2) is 5.28. The average Bonchev–Trinajstić information content (AvgIpc) is 3.29. The highest BCUT2D eigenvalue weighted by atomic mass is 16.7. The Morgan fingerprint density at radius 2 is 2.00 bits per heavy atom. The van der Waals surface area contributed by atoms with Gasteiger partial charge in [-0.1, -0.05) is 18.2 Å². The molecular weight excluding hydrogens is 318 g/mol. The smallest absolute Gasteiger partial charge is 0.335 e. The number of carbonyl (C=O) groups is 1. The van der Waals surface area contributed by atoms with E-state index in [2.05, 4.69) is 23.5 Å². The summed E-state index contributed by atoms with van der Waals surface area (Å²) in [4.78, 5) is 11.3. The first-order valence-electron chi connectivity index (χ1n) is 8.41. The summed E-state index contributed by atoms with van der Waals surface area (Å²) in [6.45, 7) is 0.269. The Balaban J connectivity index is 1.56. The number of ether oxygens (including phenoxy) is 2. The number of rotatable bonds is 2. The lowest BCUT2D eigenvalue weighted by molar-refractivity contribution is 0.0696. The van der Waals surface area contributed by atoms with Crippen LogP contribution in [0.25, 0.3) is 0 Å². The fourth-order valence-electron chi connectivity index (χ4n) is 4.16. The second-order valence-electron chi connectivity index (χ2n) is 6.70. The van der Waals surface area contributed by atoms with Crippen molar-refractivity contribution in [3.63, 3.8) is 0 Å². The minimum absolute atomic E-state index is 0.151. The van der Waals surface area contributed by atoms with Gasteiger partial charge in [0.05, 0.1) is 11.6 Å². The van der Waals surface area contributed by atoms with Crippen LogP contribution in [0.1, 0.15) is 39.9 Å². The summed E-state index contributed by atoms with van der Waals surface area (Å²) >= 11 is 0. The van der Waals surface area contributed by atoms with Crippen LogP contribution in [0.15, 0.2) is 48.6 Å². The molecule has 0 radical (unpaired) electrons. The van der Waals surface area contributed by atoms with Crippen molar-refractivity contribution in [2.24, 2.45) is 5.92 Å². The zero-order chi connectivity index (χ0) is 17.0. The zero-order valence-electron chi connectivity index (χ0n) is 13.4. The Morgan fingerprint density at radius 1 is 1.12 bits per heavy atom. The molecule has 0 bridgehead atoms. The Morgan fingerprint density at radius 3 is 2.88 bits per heavy atom. The summed E-state index contributed by atoms with van der Waals surface area (Å²) in [6.07, 6.45) is 5.36. The molecular formula is C20H17NO4. The molecule has 1 aliphatic carbocycles. The third-order valence-corrected chi connectivity index (χ3v) is 5.37. The van der Waals surface area contributed by atoms with Crippen LogP contribution in [0.5, 0.6) is 11.5 Å². The molecule has 0 spiro atoms. The van der Waals surface area contributed by atoms with Gasteiger partial charge in [0.2, 0.25) is 6.79 Å². The maximum Gasteiger partial charge on any atom is 0.335 e. The van der Waals surface area contributed by atoms with Gasteiger partial charge in [-0.05, 0) is 53.8 Å². The number of fused-ring (bicyclic) bond motifs is 4. The van der Waals surface area contributed by atoms with E-state index in [1.54, 1.807) is 12.1 Å². The van der Waals surface area contributed by atoms with Crippen LogP contribution in [-0.2, 0) is 0 Å². The molecule has 2 N–H and O–H groups in total. The SMILES string of the molecule is O=C(O)c1ccc2c(c1)[C@@H]1C=CC[C@@H]1[C@H](c1ccc3c(c1)OCO3)N2. The highest BCUT2D eigenvalue weighted by Crippen LogP contribution is 2.50. The molecule has 0 saturated carbocycles. The summed E-state index contributed by atoms with van der Waals surface area (Å²) in [5.74, 6) is 1.27. The number of allylic oxidation sites excluding steroid dienone is 2. The molecule has 2 aromatic rings. The van der Waals surface area contributed by atoms with Crippen LogP contribution < -0.4 is 14.8 Å². The summed E-state index contributed by atoms with van der Waals surface area (Å²) < 4.78 is 10.9. The highest BCUT2D eigenvalue weighted by molar-refractivity contribution is 5.89. The van der Waals surface area contributed by atoms with Gasteiger partial charge in [0.1, 0.15) is 0 Å². The lowest BCUT2D eigenvalue weighted by atomic mass is 9.76. The summed E-state index contributed by atoms with van der Waals surface area (Å²) in [5.41, 5.74) is 3.56. The standard InChI is InChI=1S/C20H17NO4/c22-20(23)12-4-6-16-15(8-12)13-2-1-3-14(13)19(21-16)11-5-7-17-18(9-11)25-10-24-17/h1-2,4-9,13-14,19,21H,3,10H2,(H,22,23)/t13-,14+,19+/m1/s1. The first-order valence-corrected chi connectivity index (χ1v) is 8.41. The first-order chi connectivity index (χ1) is 12.2. The van der Waals surface area contributed by atoms with Crippen molar-refractivity contribution in [3.8, 4) is 11.5 Å². The van der Waals surface area contributed by atoms with E-state index in [0.29, 0.717) is 11.5 Å². The van der Waals surface area contributed by atoms with Crippen LogP contribution in [0, 0.1) is 5.92 Å². The number of hydrogen-bond donors (Lipinski definition) is 2. The fourth-order valence-corrected chi connectivity index (χ4v) is 4.16. The van der Waals surface area contributed by atoms with Crippen molar-refractivity contribution in [2.75, 3.05) is 12.1 Å². The van der Waals surface area contributed by atoms with E-state index >= 15 is 0 Å². The van der Waals surface area contributed by atoms with Gasteiger partial charge in [0.15, 0.2) is 11.5 Å². The number of nitrogens with one attached hydrogen (secondary N) is 1. The largest absolute Gasteiger partial charge is 0.478 e. The number of aromatic carboxylic acids is 1. The zero-order valence-corrected chi connectivity index (χ0v) is 13.4. The van der Waals surface area contributed by atoms with Crippen molar-refractivity contribution < 1.29 is 19.4 Å². The van der Waals surface area contributed by atoms with Gasteiger partial charge in [-0.3, -0.25) is 0 Å². The third kappa shape index (κ3) is 2.19. The molecule has 3 aliphatic rings. The molecule has 0 amide bonds. The summed E-state index contributed by atoms with van der Waals surface area (Å²) in [5, 5.41) is 12.9. The van der Waals surface area contributed by atoms with E-state index in [-0.39, 0.29) is 18.8 Å². The lowest BCUT2D eigenvalue weighted by Gasteiger charge is -2.37. The normalized spacial score (nSPS) is 25.2. The van der Waals surface area contributed by atoms with Gasteiger partial charge < -0.3 is 19.9 Å². The van der Waals surface area contributed by atoms with Gasteiger partial charge in [0.25, 0.3) is 0 Å². The van der Waals surface area contributed by atoms with E-state index in [1.807, 2.05) is 18.2 Å².